The second kappa shape index (κ2) is 8.70. The van der Waals surface area contributed by atoms with Crippen LogP contribution in [0.4, 0.5) is 0 Å². The molecule has 0 bridgehead atoms. The van der Waals surface area contributed by atoms with Crippen LogP contribution >= 0.6 is 43.6 Å². The van der Waals surface area contributed by atoms with Gasteiger partial charge >= 0.3 is 5.97 Å². The maximum absolute atomic E-state index is 12.5. The van der Waals surface area contributed by atoms with Crippen LogP contribution in [0.3, 0.4) is 0 Å². The number of carbonyl (C=O) groups excluding carboxylic acids is 4. The van der Waals surface area contributed by atoms with Gasteiger partial charge in [-0.05, 0) is 20.8 Å². The summed E-state index contributed by atoms with van der Waals surface area (Å²) in [6, 6.07) is -1.03. The molecule has 0 aromatic carbocycles. The van der Waals surface area contributed by atoms with E-state index in [0.29, 0.717) is 6.54 Å². The number of aromatic nitrogens is 3. The molecular weight excluding hydrogens is 560 g/mol. The van der Waals surface area contributed by atoms with E-state index in [1.807, 2.05) is 4.90 Å². The molecular formula is C17H22Br2N6O5S. The van der Waals surface area contributed by atoms with E-state index in [1.165, 1.54) is 24.9 Å². The fraction of sp³-hybridized carbons (Fsp3) is 0.647. The quantitative estimate of drug-likeness (QED) is 0.265. The Kier molecular flexibility index (Phi) is 6.73. The maximum Gasteiger partial charge on any atom is 0.325 e. The first-order valence-electron chi connectivity index (χ1n) is 9.32. The van der Waals surface area contributed by atoms with Gasteiger partial charge in [0.25, 0.3) is 11.8 Å². The summed E-state index contributed by atoms with van der Waals surface area (Å²) < 4.78 is 4.97. The lowest BCUT2D eigenvalue weighted by Gasteiger charge is -2.47. The number of thioether (sulfide) groups is 1. The van der Waals surface area contributed by atoms with E-state index in [2.05, 4.69) is 71.4 Å². The molecule has 3 heterocycles. The molecule has 0 spiro atoms. The minimum atomic E-state index is -0.891. The minimum absolute atomic E-state index is 0.0397. The highest BCUT2D eigenvalue weighted by Crippen LogP contribution is 2.60. The Morgan fingerprint density at radius 2 is 2.03 bits per heavy atom. The molecule has 11 nitrogen and oxygen atoms in total. The van der Waals surface area contributed by atoms with Gasteiger partial charge in [0.2, 0.25) is 5.91 Å². The van der Waals surface area contributed by atoms with E-state index >= 15 is 0 Å². The lowest BCUT2D eigenvalue weighted by atomic mass is 9.98. The summed E-state index contributed by atoms with van der Waals surface area (Å²) in [5.74, 6) is -1.76. The van der Waals surface area contributed by atoms with Crippen molar-refractivity contribution in [3.05, 3.63) is 11.9 Å². The van der Waals surface area contributed by atoms with E-state index in [1.54, 1.807) is 11.8 Å². The second-order valence-electron chi connectivity index (χ2n) is 7.74. The summed E-state index contributed by atoms with van der Waals surface area (Å²) in [4.78, 5) is 49.8. The Labute approximate surface area is 199 Å². The molecule has 14 heteroatoms. The number of nitrogens with zero attached hydrogens (tertiary/aromatic N) is 4. The van der Waals surface area contributed by atoms with E-state index in [-0.39, 0.29) is 34.3 Å². The molecule has 1 aromatic heterocycles. The highest BCUT2D eigenvalue weighted by atomic mass is 79.9. The molecule has 2 fully saturated rings. The van der Waals surface area contributed by atoms with Gasteiger partial charge in [-0.1, -0.05) is 37.1 Å². The van der Waals surface area contributed by atoms with Crippen LogP contribution < -0.4 is 10.6 Å². The predicted octanol–water partition coefficient (Wildman–Crippen LogP) is 0.234. The highest BCUT2D eigenvalue weighted by Gasteiger charge is 2.68. The van der Waals surface area contributed by atoms with Crippen molar-refractivity contribution in [1.29, 1.82) is 0 Å². The zero-order valence-electron chi connectivity index (χ0n) is 17.2. The molecule has 2 saturated heterocycles. The fourth-order valence-electron chi connectivity index (χ4n) is 3.33. The van der Waals surface area contributed by atoms with E-state index in [0.717, 1.165) is 0 Å². The number of hydrogen-bond donors (Lipinski definition) is 2. The molecule has 2 N–H and O–H groups in total. The van der Waals surface area contributed by atoms with Crippen LogP contribution in [0.5, 0.6) is 0 Å². The van der Waals surface area contributed by atoms with Crippen molar-refractivity contribution in [2.45, 2.75) is 52.8 Å². The van der Waals surface area contributed by atoms with Crippen molar-refractivity contribution in [2.75, 3.05) is 13.7 Å². The number of rotatable bonds is 7. The maximum atomic E-state index is 12.5. The van der Waals surface area contributed by atoms with Crippen LogP contribution in [0.15, 0.2) is 6.20 Å². The third-order valence-corrected chi connectivity index (χ3v) is 8.98. The topological polar surface area (TPSA) is 136 Å². The Bertz CT molecular complexity index is 923. The van der Waals surface area contributed by atoms with Gasteiger partial charge in [0.1, 0.15) is 18.0 Å². The van der Waals surface area contributed by atoms with Crippen molar-refractivity contribution in [3.8, 4) is 0 Å². The van der Waals surface area contributed by atoms with Crippen molar-refractivity contribution in [2.24, 2.45) is 0 Å². The first-order valence-corrected chi connectivity index (χ1v) is 11.8. The van der Waals surface area contributed by atoms with Gasteiger partial charge in [0, 0.05) is 4.75 Å². The summed E-state index contributed by atoms with van der Waals surface area (Å²) in [5, 5.41) is 12.7. The van der Waals surface area contributed by atoms with Crippen LogP contribution in [-0.4, -0.2) is 82.7 Å². The number of nitrogens with one attached hydrogen (secondary N) is 2. The monoisotopic (exact) mass is 580 g/mol. The van der Waals surface area contributed by atoms with Gasteiger partial charge in [-0.2, -0.15) is 0 Å². The second-order valence-corrected chi connectivity index (χ2v) is 13.0. The molecule has 31 heavy (non-hydrogen) atoms. The van der Waals surface area contributed by atoms with Gasteiger partial charge < -0.3 is 20.3 Å². The molecule has 0 aliphatic carbocycles. The number of fused-ring (bicyclic) bond motifs is 1. The third kappa shape index (κ3) is 4.60. The Morgan fingerprint density at radius 3 is 2.68 bits per heavy atom. The average molecular weight is 582 g/mol. The largest absolute Gasteiger partial charge is 0.468 e. The smallest absolute Gasteiger partial charge is 0.325 e. The summed E-state index contributed by atoms with van der Waals surface area (Å²) in [6.45, 7) is 5.68. The fourth-order valence-corrected chi connectivity index (χ4v) is 6.26. The standard InChI is InChI=1S/C17H22Br2N6O5S/c1-8(12(27)20-5-11(26)30-4)21-13(28)9-6-24(23-22-9)7-10-16(2,3)31-15-17(18,19)14(29)25(10)15/h6,8,10,15H,5,7H2,1-4H3,(H,20,27)(H,21,28)/t8-,10-,15+/m0/s1. The number of hydrogen-bond acceptors (Lipinski definition) is 8. The molecule has 0 radical (unpaired) electrons. The summed E-state index contributed by atoms with van der Waals surface area (Å²) in [5.41, 5.74) is 0.0397. The SMILES string of the molecule is COC(=O)CNC(=O)[C@H](C)NC(=O)c1cn(C[C@@H]2N3C(=O)C(Br)(Br)[C@H]3SC2(C)C)nn1. The average Bonchev–Trinajstić information content (AvgIpc) is 3.27. The first-order chi connectivity index (χ1) is 14.4. The Hall–Kier alpha value is -1.67. The number of carbonyl (C=O) groups is 4. The minimum Gasteiger partial charge on any atom is -0.468 e. The van der Waals surface area contributed by atoms with Crippen LogP contribution in [0.25, 0.3) is 0 Å². The normalized spacial score (nSPS) is 24.1. The number of methoxy groups -OCH3 is 1. The molecule has 3 rings (SSSR count). The number of alkyl halides is 2. The predicted molar refractivity (Wildman–Crippen MR) is 119 cm³/mol. The van der Waals surface area contributed by atoms with Gasteiger partial charge in [-0.3, -0.25) is 19.2 Å². The van der Waals surface area contributed by atoms with E-state index in [4.69, 9.17) is 0 Å². The van der Waals surface area contributed by atoms with Crippen LogP contribution in [-0.2, 0) is 25.7 Å². The van der Waals surface area contributed by atoms with E-state index in [9.17, 15) is 19.2 Å². The van der Waals surface area contributed by atoms with Gasteiger partial charge in [0.15, 0.2) is 8.93 Å². The molecule has 0 unspecified atom stereocenters. The number of esters is 1. The highest BCUT2D eigenvalue weighted by molar-refractivity contribution is 9.26. The Morgan fingerprint density at radius 1 is 1.35 bits per heavy atom. The third-order valence-electron chi connectivity index (χ3n) is 5.14. The van der Waals surface area contributed by atoms with E-state index < -0.39 is 27.1 Å². The molecule has 2 aliphatic rings. The van der Waals surface area contributed by atoms with Gasteiger partial charge in [-0.25, -0.2) is 4.68 Å². The van der Waals surface area contributed by atoms with Crippen LogP contribution in [0.2, 0.25) is 0 Å². The summed E-state index contributed by atoms with van der Waals surface area (Å²) >= 11 is 8.56. The molecule has 2 aliphatic heterocycles. The molecule has 1 aromatic rings. The van der Waals surface area contributed by atoms with Crippen molar-refractivity contribution in [1.82, 2.24) is 30.5 Å². The molecule has 0 saturated carbocycles. The lowest BCUT2D eigenvalue weighted by Crippen LogP contribution is -2.67. The zero-order valence-corrected chi connectivity index (χ0v) is 21.2. The van der Waals surface area contributed by atoms with Gasteiger partial charge in [0.05, 0.1) is 25.9 Å². The summed E-state index contributed by atoms with van der Waals surface area (Å²) in [6.07, 6.45) is 1.47. The lowest BCUT2D eigenvalue weighted by molar-refractivity contribution is -0.144. The van der Waals surface area contributed by atoms with Gasteiger partial charge in [-0.15, -0.1) is 16.9 Å². The van der Waals surface area contributed by atoms with Crippen molar-refractivity contribution in [3.63, 3.8) is 0 Å². The summed E-state index contributed by atoms with van der Waals surface area (Å²) in [7, 11) is 1.21. The van der Waals surface area contributed by atoms with Crippen molar-refractivity contribution >= 4 is 67.3 Å². The van der Waals surface area contributed by atoms with Crippen LogP contribution in [0.1, 0.15) is 31.3 Å². The molecule has 170 valence electrons. The number of ether oxygens (including phenoxy) is 1. The Balaban J connectivity index is 1.60. The number of β-lactam (4-membered cyclic amide) rings is 1. The first kappa shape index (κ1) is 24.0. The zero-order chi connectivity index (χ0) is 23.1. The molecule has 3 amide bonds. The van der Waals surface area contributed by atoms with Crippen molar-refractivity contribution < 1.29 is 23.9 Å². The number of amides is 3. The number of halogens is 2. The van der Waals surface area contributed by atoms with Crippen LogP contribution in [0, 0.1) is 0 Å². The molecule has 3 atom stereocenters.